The fourth-order valence-corrected chi connectivity index (χ4v) is 5.45. The molecule has 4 amide bonds. The molecular formula is C20H29N5O3S. The zero-order valence-corrected chi connectivity index (χ0v) is 18.0. The SMILES string of the molecule is Cc1csc(CC(=O)N2CCN(CN3C(=O)N[C@@]4(CCCC[C@H]4C)C3=O)CC2)n1. The Morgan fingerprint density at radius 3 is 2.69 bits per heavy atom. The number of aromatic nitrogens is 1. The van der Waals surface area contributed by atoms with Gasteiger partial charge in [0.15, 0.2) is 0 Å². The Kier molecular flexibility index (Phi) is 5.61. The van der Waals surface area contributed by atoms with Crippen molar-refractivity contribution in [2.24, 2.45) is 5.92 Å². The number of aryl methyl sites for hydroxylation is 1. The number of nitrogens with zero attached hydrogens (tertiary/aromatic N) is 4. The Morgan fingerprint density at radius 2 is 2.03 bits per heavy atom. The third-order valence-electron chi connectivity index (χ3n) is 6.54. The van der Waals surface area contributed by atoms with E-state index in [1.807, 2.05) is 17.2 Å². The lowest BCUT2D eigenvalue weighted by Crippen LogP contribution is -2.55. The van der Waals surface area contributed by atoms with Crippen molar-refractivity contribution in [1.29, 1.82) is 0 Å². The van der Waals surface area contributed by atoms with Gasteiger partial charge in [0.25, 0.3) is 5.91 Å². The number of amides is 4. The maximum Gasteiger partial charge on any atom is 0.326 e. The van der Waals surface area contributed by atoms with Crippen LogP contribution in [-0.2, 0) is 16.0 Å². The van der Waals surface area contributed by atoms with Crippen molar-refractivity contribution in [2.45, 2.75) is 51.5 Å². The second-order valence-corrected chi connectivity index (χ2v) is 9.42. The van der Waals surface area contributed by atoms with E-state index in [-0.39, 0.29) is 23.8 Å². The molecule has 3 heterocycles. The zero-order chi connectivity index (χ0) is 20.6. The van der Waals surface area contributed by atoms with Gasteiger partial charge in [0.1, 0.15) is 10.5 Å². The second-order valence-electron chi connectivity index (χ2n) is 8.48. The van der Waals surface area contributed by atoms with Crippen LogP contribution in [0.1, 0.15) is 43.3 Å². The van der Waals surface area contributed by atoms with Gasteiger partial charge in [-0.05, 0) is 25.7 Å². The molecule has 0 unspecified atom stereocenters. The number of carbonyl (C=O) groups is 3. The van der Waals surface area contributed by atoms with Gasteiger partial charge in [-0.1, -0.05) is 19.8 Å². The molecule has 1 N–H and O–H groups in total. The molecule has 8 nitrogen and oxygen atoms in total. The molecule has 4 rings (SSSR count). The molecule has 3 fully saturated rings. The number of rotatable bonds is 4. The van der Waals surface area contributed by atoms with Gasteiger partial charge in [0.2, 0.25) is 5.91 Å². The van der Waals surface area contributed by atoms with Crippen LogP contribution in [0.2, 0.25) is 0 Å². The molecule has 2 aliphatic heterocycles. The highest BCUT2D eigenvalue weighted by Crippen LogP contribution is 2.38. The summed E-state index contributed by atoms with van der Waals surface area (Å²) in [5.41, 5.74) is 0.236. The lowest BCUT2D eigenvalue weighted by atomic mass is 9.73. The first-order valence-electron chi connectivity index (χ1n) is 10.4. The molecule has 1 aliphatic carbocycles. The van der Waals surface area contributed by atoms with E-state index in [2.05, 4.69) is 22.1 Å². The summed E-state index contributed by atoms with van der Waals surface area (Å²) in [6.07, 6.45) is 4.13. The predicted molar refractivity (Wildman–Crippen MR) is 109 cm³/mol. The Hall–Kier alpha value is -2.00. The van der Waals surface area contributed by atoms with E-state index >= 15 is 0 Å². The summed E-state index contributed by atoms with van der Waals surface area (Å²) in [5.74, 6) is 0.179. The highest BCUT2D eigenvalue weighted by Gasteiger charge is 2.55. The number of hydrogen-bond acceptors (Lipinski definition) is 6. The van der Waals surface area contributed by atoms with E-state index in [9.17, 15) is 14.4 Å². The number of urea groups is 1. The molecule has 2 saturated heterocycles. The fraction of sp³-hybridized carbons (Fsp3) is 0.700. The van der Waals surface area contributed by atoms with Gasteiger partial charge in [0.05, 0.1) is 13.1 Å². The van der Waals surface area contributed by atoms with Crippen LogP contribution in [0.5, 0.6) is 0 Å². The number of piperazine rings is 1. The van der Waals surface area contributed by atoms with Crippen molar-refractivity contribution < 1.29 is 14.4 Å². The molecule has 1 saturated carbocycles. The van der Waals surface area contributed by atoms with Crippen LogP contribution in [-0.4, -0.2) is 75.9 Å². The molecule has 158 valence electrons. The maximum absolute atomic E-state index is 13.1. The van der Waals surface area contributed by atoms with Gasteiger partial charge in [0, 0.05) is 37.3 Å². The Bertz CT molecular complexity index is 804. The van der Waals surface area contributed by atoms with Crippen molar-refractivity contribution >= 4 is 29.2 Å². The molecule has 2 atom stereocenters. The molecule has 1 spiro atoms. The summed E-state index contributed by atoms with van der Waals surface area (Å²) in [5, 5.41) is 5.81. The van der Waals surface area contributed by atoms with Gasteiger partial charge in [-0.2, -0.15) is 0 Å². The highest BCUT2D eigenvalue weighted by atomic mass is 32.1. The monoisotopic (exact) mass is 419 g/mol. The first-order chi connectivity index (χ1) is 13.9. The van der Waals surface area contributed by atoms with Gasteiger partial charge >= 0.3 is 6.03 Å². The summed E-state index contributed by atoms with van der Waals surface area (Å²) in [4.78, 5) is 47.8. The minimum Gasteiger partial charge on any atom is -0.340 e. The van der Waals surface area contributed by atoms with Crippen LogP contribution in [0.3, 0.4) is 0 Å². The normalized spacial score (nSPS) is 28.3. The van der Waals surface area contributed by atoms with Crippen LogP contribution in [0.15, 0.2) is 5.38 Å². The van der Waals surface area contributed by atoms with Gasteiger partial charge in [-0.25, -0.2) is 14.7 Å². The fourth-order valence-electron chi connectivity index (χ4n) is 4.69. The van der Waals surface area contributed by atoms with Crippen molar-refractivity contribution in [2.75, 3.05) is 32.8 Å². The van der Waals surface area contributed by atoms with Gasteiger partial charge < -0.3 is 10.2 Å². The first kappa shape index (κ1) is 20.3. The van der Waals surface area contributed by atoms with Crippen LogP contribution in [0.25, 0.3) is 0 Å². The van der Waals surface area contributed by atoms with Crippen molar-refractivity contribution in [3.05, 3.63) is 16.1 Å². The minimum absolute atomic E-state index is 0.0765. The van der Waals surface area contributed by atoms with E-state index in [1.165, 1.54) is 16.2 Å². The number of carbonyl (C=O) groups excluding carboxylic acids is 3. The predicted octanol–water partition coefficient (Wildman–Crippen LogP) is 1.60. The third kappa shape index (κ3) is 3.90. The summed E-state index contributed by atoms with van der Waals surface area (Å²) in [7, 11) is 0. The first-order valence-corrected chi connectivity index (χ1v) is 11.3. The number of imide groups is 1. The molecule has 29 heavy (non-hydrogen) atoms. The Morgan fingerprint density at radius 1 is 1.28 bits per heavy atom. The molecule has 9 heteroatoms. The molecular weight excluding hydrogens is 390 g/mol. The van der Waals surface area contributed by atoms with E-state index in [4.69, 9.17) is 0 Å². The molecule has 0 radical (unpaired) electrons. The second kappa shape index (κ2) is 8.02. The number of hydrogen-bond donors (Lipinski definition) is 1. The highest BCUT2D eigenvalue weighted by molar-refractivity contribution is 7.09. The standard InChI is InChI=1S/C20H29N5O3S/c1-14-5-3-4-6-20(14)18(27)25(19(28)22-20)13-23-7-9-24(10-8-23)17(26)11-16-21-15(2)12-29-16/h12,14H,3-11,13H2,1-2H3,(H,22,28)/t14-,20-/m1/s1. The molecule has 0 bridgehead atoms. The Balaban J connectivity index is 1.31. The minimum atomic E-state index is -0.709. The lowest BCUT2D eigenvalue weighted by Gasteiger charge is -2.38. The van der Waals surface area contributed by atoms with Crippen LogP contribution in [0.4, 0.5) is 4.79 Å². The molecule has 1 aromatic rings. The smallest absolute Gasteiger partial charge is 0.326 e. The summed E-state index contributed by atoms with van der Waals surface area (Å²) in [6.45, 7) is 6.81. The largest absolute Gasteiger partial charge is 0.340 e. The summed E-state index contributed by atoms with van der Waals surface area (Å²) < 4.78 is 0. The van der Waals surface area contributed by atoms with E-state index in [0.29, 0.717) is 39.3 Å². The molecule has 0 aromatic carbocycles. The molecule has 3 aliphatic rings. The van der Waals surface area contributed by atoms with E-state index in [0.717, 1.165) is 36.4 Å². The Labute approximate surface area is 175 Å². The number of nitrogens with one attached hydrogen (secondary N) is 1. The van der Waals surface area contributed by atoms with Gasteiger partial charge in [-0.15, -0.1) is 11.3 Å². The summed E-state index contributed by atoms with van der Waals surface area (Å²) >= 11 is 1.52. The van der Waals surface area contributed by atoms with Crippen LogP contribution in [0, 0.1) is 12.8 Å². The zero-order valence-electron chi connectivity index (χ0n) is 17.1. The van der Waals surface area contributed by atoms with Crippen LogP contribution >= 0.6 is 11.3 Å². The lowest BCUT2D eigenvalue weighted by molar-refractivity contribution is -0.137. The van der Waals surface area contributed by atoms with Gasteiger partial charge in [-0.3, -0.25) is 14.5 Å². The van der Waals surface area contributed by atoms with E-state index in [1.54, 1.807) is 0 Å². The maximum atomic E-state index is 13.1. The average Bonchev–Trinajstić information content (AvgIpc) is 3.21. The molecule has 1 aromatic heterocycles. The van der Waals surface area contributed by atoms with Crippen molar-refractivity contribution in [1.82, 2.24) is 25.0 Å². The van der Waals surface area contributed by atoms with Crippen LogP contribution < -0.4 is 5.32 Å². The topological polar surface area (TPSA) is 85.9 Å². The van der Waals surface area contributed by atoms with E-state index < -0.39 is 5.54 Å². The average molecular weight is 420 g/mol. The third-order valence-corrected chi connectivity index (χ3v) is 7.50. The summed E-state index contributed by atoms with van der Waals surface area (Å²) in [6, 6.07) is -0.276. The van der Waals surface area contributed by atoms with Crippen molar-refractivity contribution in [3.8, 4) is 0 Å². The number of thiazole rings is 1. The quantitative estimate of drug-likeness (QED) is 0.749. The van der Waals surface area contributed by atoms with Crippen molar-refractivity contribution in [3.63, 3.8) is 0 Å².